The highest BCUT2D eigenvalue weighted by molar-refractivity contribution is 7.17. The number of nitrogens with zero attached hydrogens (tertiary/aromatic N) is 2. The molecule has 1 atom stereocenters. The van der Waals surface area contributed by atoms with Gasteiger partial charge in [0.25, 0.3) is 5.78 Å². The van der Waals surface area contributed by atoms with Crippen LogP contribution in [0.3, 0.4) is 0 Å². The summed E-state index contributed by atoms with van der Waals surface area (Å²) in [6.07, 6.45) is 0. The molecule has 0 saturated carbocycles. The second-order valence-electron chi connectivity index (χ2n) is 8.49. The van der Waals surface area contributed by atoms with Crippen molar-refractivity contribution in [2.45, 2.75) is 19.9 Å². The van der Waals surface area contributed by atoms with Crippen molar-refractivity contribution >= 4 is 39.9 Å². The predicted octanol–water partition coefficient (Wildman–Crippen LogP) is 4.34. The van der Waals surface area contributed by atoms with E-state index >= 15 is 0 Å². The number of carbonyl (C=O) groups excluding carboxylic acids is 3. The van der Waals surface area contributed by atoms with Gasteiger partial charge in [0.15, 0.2) is 16.6 Å². The van der Waals surface area contributed by atoms with Gasteiger partial charge in [-0.3, -0.25) is 14.5 Å². The number of thiazole rings is 1. The van der Waals surface area contributed by atoms with E-state index in [0.717, 1.165) is 22.3 Å². The van der Waals surface area contributed by atoms with Gasteiger partial charge in [-0.05, 0) is 43.2 Å². The van der Waals surface area contributed by atoms with Crippen LogP contribution in [0.2, 0.25) is 0 Å². The summed E-state index contributed by atoms with van der Waals surface area (Å²) in [6, 6.07) is 5.76. The number of rotatable bonds is 7. The maximum atomic E-state index is 14.4. The quantitative estimate of drug-likeness (QED) is 0.196. The molecule has 10 nitrogen and oxygen atoms in total. The molecule has 1 saturated heterocycles. The first-order valence-electron chi connectivity index (χ1n) is 11.5. The molecule has 1 aromatic heterocycles. The lowest BCUT2D eigenvalue weighted by Gasteiger charge is -2.24. The average molecular weight is 557 g/mol. The Morgan fingerprint density at radius 2 is 1.67 bits per heavy atom. The number of ether oxygens (including phenoxy) is 4. The highest BCUT2D eigenvalue weighted by atomic mass is 32.1. The van der Waals surface area contributed by atoms with Gasteiger partial charge in [-0.2, -0.15) is 0 Å². The molecule has 2 aromatic carbocycles. The number of Topliss-reactive ketones (excluding diaryl/α,β-unsaturated/α-hetero) is 1. The van der Waals surface area contributed by atoms with E-state index in [0.29, 0.717) is 11.1 Å². The van der Waals surface area contributed by atoms with Gasteiger partial charge in [-0.1, -0.05) is 23.5 Å². The van der Waals surface area contributed by atoms with Crippen LogP contribution in [-0.4, -0.2) is 56.2 Å². The summed E-state index contributed by atoms with van der Waals surface area (Å²) in [6.45, 7) is 3.12. The van der Waals surface area contributed by atoms with E-state index in [2.05, 4.69) is 4.98 Å². The van der Waals surface area contributed by atoms with Crippen molar-refractivity contribution in [1.29, 1.82) is 0 Å². The SMILES string of the molecule is COC(=O)c1sc(N2C(=O)C(=O)C(=C(O)c3ccc(C)c(F)c3)[C@@H]2c2cc(OC)c(OC)c(OC)c2)nc1C. The lowest BCUT2D eigenvalue weighted by atomic mass is 9.94. The molecular weight excluding hydrogens is 531 g/mol. The zero-order valence-electron chi connectivity index (χ0n) is 21.9. The van der Waals surface area contributed by atoms with E-state index < -0.39 is 35.3 Å². The second kappa shape index (κ2) is 10.7. The van der Waals surface area contributed by atoms with E-state index in [9.17, 15) is 23.9 Å². The Bertz CT molecular complexity index is 1500. The van der Waals surface area contributed by atoms with E-state index in [1.54, 1.807) is 13.8 Å². The molecule has 39 heavy (non-hydrogen) atoms. The minimum Gasteiger partial charge on any atom is -0.507 e. The number of esters is 1. The molecule has 0 bridgehead atoms. The van der Waals surface area contributed by atoms with Crippen LogP contribution in [-0.2, 0) is 14.3 Å². The number of hydrogen-bond donors (Lipinski definition) is 1. The van der Waals surface area contributed by atoms with Crippen molar-refractivity contribution in [1.82, 2.24) is 4.98 Å². The van der Waals surface area contributed by atoms with E-state index in [-0.39, 0.29) is 44.1 Å². The van der Waals surface area contributed by atoms with Crippen LogP contribution in [0.1, 0.15) is 38.1 Å². The third-order valence-corrected chi connectivity index (χ3v) is 7.39. The van der Waals surface area contributed by atoms with Gasteiger partial charge in [-0.25, -0.2) is 14.2 Å². The van der Waals surface area contributed by atoms with Crippen LogP contribution in [0.4, 0.5) is 9.52 Å². The molecule has 12 heteroatoms. The van der Waals surface area contributed by atoms with Gasteiger partial charge in [0.2, 0.25) is 5.75 Å². The predicted molar refractivity (Wildman–Crippen MR) is 140 cm³/mol. The zero-order valence-corrected chi connectivity index (χ0v) is 22.8. The molecule has 0 aliphatic carbocycles. The van der Waals surface area contributed by atoms with Gasteiger partial charge in [0.1, 0.15) is 16.5 Å². The Labute approximate surface area is 227 Å². The molecule has 1 aliphatic heterocycles. The van der Waals surface area contributed by atoms with E-state index in [4.69, 9.17) is 18.9 Å². The lowest BCUT2D eigenvalue weighted by Crippen LogP contribution is -2.29. The van der Waals surface area contributed by atoms with Crippen molar-refractivity contribution in [3.8, 4) is 17.2 Å². The second-order valence-corrected chi connectivity index (χ2v) is 9.47. The Morgan fingerprint density at radius 3 is 2.21 bits per heavy atom. The minimum absolute atomic E-state index is 0.000823. The van der Waals surface area contributed by atoms with Gasteiger partial charge < -0.3 is 24.1 Å². The largest absolute Gasteiger partial charge is 0.507 e. The minimum atomic E-state index is -1.25. The number of anilines is 1. The van der Waals surface area contributed by atoms with Crippen molar-refractivity contribution in [3.05, 3.63) is 69.0 Å². The fraction of sp³-hybridized carbons (Fsp3) is 0.259. The number of carbonyl (C=O) groups is 3. The summed E-state index contributed by atoms with van der Waals surface area (Å²) in [7, 11) is 5.44. The summed E-state index contributed by atoms with van der Waals surface area (Å²) in [5.74, 6) is -3.17. The summed E-state index contributed by atoms with van der Waals surface area (Å²) < 4.78 is 35.5. The topological polar surface area (TPSA) is 124 Å². The molecule has 1 amide bonds. The Balaban J connectivity index is 2.03. The first-order valence-corrected chi connectivity index (χ1v) is 12.3. The standard InChI is InChI=1S/C27H25FN2O8S/c1-12-7-8-14(9-16(12)28)21(31)19-20(15-10-17(35-3)23(37-5)18(11-15)36-4)30(25(33)22(19)32)27-29-13(2)24(39-27)26(34)38-6/h7-11,20,31H,1-6H3/t20-/m0/s1. The number of aliphatic hydroxyl groups is 1. The van der Waals surface area contributed by atoms with Gasteiger partial charge in [-0.15, -0.1) is 0 Å². The fourth-order valence-electron chi connectivity index (χ4n) is 4.27. The molecule has 4 rings (SSSR count). The smallest absolute Gasteiger partial charge is 0.350 e. The van der Waals surface area contributed by atoms with Crippen molar-refractivity contribution < 1.29 is 42.8 Å². The van der Waals surface area contributed by atoms with Crippen molar-refractivity contribution in [3.63, 3.8) is 0 Å². The van der Waals surface area contributed by atoms with E-state index in [1.165, 1.54) is 52.7 Å². The summed E-state index contributed by atoms with van der Waals surface area (Å²) >= 11 is 0.851. The Morgan fingerprint density at radius 1 is 1.03 bits per heavy atom. The Kier molecular flexibility index (Phi) is 7.59. The van der Waals surface area contributed by atoms with Gasteiger partial charge in [0, 0.05) is 5.56 Å². The third-order valence-electron chi connectivity index (χ3n) is 6.25. The normalized spacial score (nSPS) is 16.4. The van der Waals surface area contributed by atoms with Crippen LogP contribution < -0.4 is 19.1 Å². The fourth-order valence-corrected chi connectivity index (χ4v) is 5.28. The number of benzene rings is 2. The maximum Gasteiger partial charge on any atom is 0.350 e. The summed E-state index contributed by atoms with van der Waals surface area (Å²) in [5.41, 5.74) is 0.601. The van der Waals surface area contributed by atoms with E-state index in [1.807, 2.05) is 0 Å². The van der Waals surface area contributed by atoms with Crippen molar-refractivity contribution in [2.75, 3.05) is 33.3 Å². The lowest BCUT2D eigenvalue weighted by molar-refractivity contribution is -0.132. The van der Waals surface area contributed by atoms with Crippen LogP contribution >= 0.6 is 11.3 Å². The first kappa shape index (κ1) is 27.6. The molecule has 3 aromatic rings. The van der Waals surface area contributed by atoms with Crippen molar-refractivity contribution in [2.24, 2.45) is 0 Å². The molecule has 0 spiro atoms. The first-order chi connectivity index (χ1) is 18.6. The number of methoxy groups -OCH3 is 4. The van der Waals surface area contributed by atoms with Crippen LogP contribution in [0, 0.1) is 19.7 Å². The number of hydrogen-bond acceptors (Lipinski definition) is 10. The van der Waals surface area contributed by atoms with Crippen LogP contribution in [0.15, 0.2) is 35.9 Å². The molecule has 1 N–H and O–H groups in total. The number of aryl methyl sites for hydroxylation is 2. The number of ketones is 1. The summed E-state index contributed by atoms with van der Waals surface area (Å²) in [4.78, 5) is 44.7. The molecule has 1 fully saturated rings. The molecular formula is C27H25FN2O8S. The summed E-state index contributed by atoms with van der Waals surface area (Å²) in [5, 5.41) is 11.3. The Hall–Kier alpha value is -4.45. The molecule has 0 unspecified atom stereocenters. The number of amides is 1. The zero-order chi connectivity index (χ0) is 28.6. The van der Waals surface area contributed by atoms with Crippen LogP contribution in [0.5, 0.6) is 17.2 Å². The molecule has 204 valence electrons. The number of halogens is 1. The molecule has 1 aliphatic rings. The highest BCUT2D eigenvalue weighted by Gasteiger charge is 2.49. The van der Waals surface area contributed by atoms with Gasteiger partial charge in [0.05, 0.1) is 45.7 Å². The van der Waals surface area contributed by atoms with Gasteiger partial charge >= 0.3 is 11.9 Å². The number of aliphatic hydroxyl groups excluding tert-OH is 1. The highest BCUT2D eigenvalue weighted by Crippen LogP contribution is 2.48. The maximum absolute atomic E-state index is 14.4. The monoisotopic (exact) mass is 556 g/mol. The van der Waals surface area contributed by atoms with Crippen LogP contribution in [0.25, 0.3) is 5.76 Å². The molecule has 2 heterocycles. The molecule has 0 radical (unpaired) electrons. The average Bonchev–Trinajstić information content (AvgIpc) is 3.44. The third kappa shape index (κ3) is 4.67. The number of aromatic nitrogens is 1.